The lowest BCUT2D eigenvalue weighted by Gasteiger charge is -2.22. The quantitative estimate of drug-likeness (QED) is 0.300. The van der Waals surface area contributed by atoms with E-state index in [0.717, 1.165) is 23.8 Å². The van der Waals surface area contributed by atoms with Gasteiger partial charge >= 0.3 is 0 Å². The van der Waals surface area contributed by atoms with Gasteiger partial charge in [-0.3, -0.25) is 4.79 Å². The second-order valence-electron chi connectivity index (χ2n) is 8.03. The molecule has 1 heterocycles. The first-order valence-corrected chi connectivity index (χ1v) is 11.2. The third-order valence-corrected chi connectivity index (χ3v) is 6.73. The molecular weight excluding hydrogens is 384 g/mol. The first kappa shape index (κ1) is 20.3. The highest BCUT2D eigenvalue weighted by Gasteiger charge is 2.20. The maximum atomic E-state index is 11.5. The van der Waals surface area contributed by atoms with E-state index in [0.29, 0.717) is 0 Å². The number of hydrogen-bond acceptors (Lipinski definition) is 2. The van der Waals surface area contributed by atoms with Gasteiger partial charge in [-0.15, -0.1) is 11.3 Å². The number of carbonyl (C=O) groups is 1. The lowest BCUT2D eigenvalue weighted by Crippen LogP contribution is -2.08. The molecule has 0 fully saturated rings. The van der Waals surface area contributed by atoms with Crippen LogP contribution in [0.4, 0.5) is 0 Å². The first-order chi connectivity index (χ1) is 14.5. The van der Waals surface area contributed by atoms with E-state index < -0.39 is 0 Å². The first-order valence-electron chi connectivity index (χ1n) is 10.3. The van der Waals surface area contributed by atoms with Crippen LogP contribution in [-0.2, 0) is 6.42 Å². The number of benzene rings is 3. The van der Waals surface area contributed by atoms with Gasteiger partial charge in [0.25, 0.3) is 0 Å². The second kappa shape index (κ2) is 8.81. The average molecular weight is 411 g/mol. The van der Waals surface area contributed by atoms with Crippen LogP contribution in [-0.4, -0.2) is 6.29 Å². The summed E-state index contributed by atoms with van der Waals surface area (Å²) in [5.41, 5.74) is 9.70. The molecule has 0 radical (unpaired) electrons. The predicted octanol–water partition coefficient (Wildman–Crippen LogP) is 7.53. The second-order valence-corrected chi connectivity index (χ2v) is 8.98. The molecule has 0 saturated heterocycles. The van der Waals surface area contributed by atoms with Gasteiger partial charge in [0.15, 0.2) is 0 Å². The normalized spacial score (nSPS) is 12.0. The van der Waals surface area contributed by atoms with Gasteiger partial charge in [-0.25, -0.2) is 0 Å². The summed E-state index contributed by atoms with van der Waals surface area (Å²) < 4.78 is 0. The summed E-state index contributed by atoms with van der Waals surface area (Å²) in [4.78, 5) is 12.7. The van der Waals surface area contributed by atoms with Gasteiger partial charge in [-0.2, -0.15) is 0 Å². The molecule has 0 aliphatic rings. The lowest BCUT2D eigenvalue weighted by molar-refractivity contribution is 0.112. The Labute approximate surface area is 183 Å². The van der Waals surface area contributed by atoms with Crippen molar-refractivity contribution >= 4 is 17.6 Å². The van der Waals surface area contributed by atoms with Crippen molar-refractivity contribution in [3.63, 3.8) is 0 Å². The molecule has 150 valence electrons. The number of aldehydes is 1. The Morgan fingerprint density at radius 2 is 1.73 bits per heavy atom. The van der Waals surface area contributed by atoms with E-state index in [2.05, 4.69) is 86.8 Å². The fourth-order valence-electron chi connectivity index (χ4n) is 4.06. The Morgan fingerprint density at radius 1 is 0.867 bits per heavy atom. The number of hydrogen-bond donors (Lipinski definition) is 0. The number of rotatable bonds is 6. The highest BCUT2D eigenvalue weighted by atomic mass is 32.1. The molecule has 1 nitrogen and oxygen atoms in total. The topological polar surface area (TPSA) is 17.1 Å². The van der Waals surface area contributed by atoms with Gasteiger partial charge in [0.1, 0.15) is 6.29 Å². The molecule has 0 saturated carbocycles. The molecule has 1 aromatic heterocycles. The van der Waals surface area contributed by atoms with Crippen molar-refractivity contribution in [1.82, 2.24) is 0 Å². The SMILES string of the molecule is Cc1cccc(C(Cc2ccc(C)c(C)c2)c2ccc(C=O)cc2-c2cccs2)c1. The number of aryl methyl sites for hydroxylation is 3. The summed E-state index contributed by atoms with van der Waals surface area (Å²) in [6.07, 6.45) is 1.86. The van der Waals surface area contributed by atoms with Crippen molar-refractivity contribution in [2.75, 3.05) is 0 Å². The third kappa shape index (κ3) is 4.29. The fourth-order valence-corrected chi connectivity index (χ4v) is 4.82. The fraction of sp³-hybridized carbons (Fsp3) is 0.179. The monoisotopic (exact) mass is 410 g/mol. The Morgan fingerprint density at radius 3 is 2.43 bits per heavy atom. The minimum atomic E-state index is 0.213. The zero-order valence-corrected chi connectivity index (χ0v) is 18.5. The van der Waals surface area contributed by atoms with Crippen molar-refractivity contribution in [2.24, 2.45) is 0 Å². The van der Waals surface area contributed by atoms with Crippen LogP contribution in [0.3, 0.4) is 0 Å². The zero-order chi connectivity index (χ0) is 21.1. The molecule has 0 N–H and O–H groups in total. The van der Waals surface area contributed by atoms with Crippen LogP contribution in [0.2, 0.25) is 0 Å². The minimum Gasteiger partial charge on any atom is -0.298 e. The average Bonchev–Trinajstić information content (AvgIpc) is 3.29. The summed E-state index contributed by atoms with van der Waals surface area (Å²) in [7, 11) is 0. The molecule has 3 aromatic carbocycles. The van der Waals surface area contributed by atoms with Crippen LogP contribution in [0.1, 0.15) is 49.7 Å². The molecule has 4 aromatic rings. The van der Waals surface area contributed by atoms with E-state index >= 15 is 0 Å². The third-order valence-electron chi connectivity index (χ3n) is 5.83. The van der Waals surface area contributed by atoms with E-state index in [-0.39, 0.29) is 5.92 Å². The van der Waals surface area contributed by atoms with Gasteiger partial charge in [0.2, 0.25) is 0 Å². The smallest absolute Gasteiger partial charge is 0.150 e. The maximum Gasteiger partial charge on any atom is 0.150 e. The van der Waals surface area contributed by atoms with Crippen LogP contribution in [0, 0.1) is 20.8 Å². The largest absolute Gasteiger partial charge is 0.298 e. The van der Waals surface area contributed by atoms with Crippen molar-refractivity contribution in [3.05, 3.63) is 117 Å². The Hall–Kier alpha value is -2.97. The van der Waals surface area contributed by atoms with E-state index in [1.54, 1.807) is 11.3 Å². The molecule has 1 unspecified atom stereocenters. The van der Waals surface area contributed by atoms with Gasteiger partial charge < -0.3 is 0 Å². The molecule has 4 rings (SSSR count). The highest BCUT2D eigenvalue weighted by Crippen LogP contribution is 2.38. The molecule has 0 aliphatic carbocycles. The van der Waals surface area contributed by atoms with E-state index in [1.807, 2.05) is 12.1 Å². The Bertz CT molecular complexity index is 1170. The maximum absolute atomic E-state index is 11.5. The Kier molecular flexibility index (Phi) is 5.96. The Balaban J connectivity index is 1.87. The molecule has 0 bridgehead atoms. The van der Waals surface area contributed by atoms with Gasteiger partial charge in [0.05, 0.1) is 0 Å². The van der Waals surface area contributed by atoms with Crippen molar-refractivity contribution in [3.8, 4) is 10.4 Å². The minimum absolute atomic E-state index is 0.213. The van der Waals surface area contributed by atoms with Crippen LogP contribution >= 0.6 is 11.3 Å². The summed E-state index contributed by atoms with van der Waals surface area (Å²) >= 11 is 1.72. The standard InChI is InChI=1S/C28H26OS/c1-19-6-4-7-24(14-19)26(16-22-10-9-20(2)21(3)15-22)25-12-11-23(18-29)17-27(25)28-8-5-13-30-28/h4-15,17-18,26H,16H2,1-3H3. The van der Waals surface area contributed by atoms with E-state index in [9.17, 15) is 4.79 Å². The van der Waals surface area contributed by atoms with Crippen molar-refractivity contribution in [1.29, 1.82) is 0 Å². The van der Waals surface area contributed by atoms with Crippen molar-refractivity contribution in [2.45, 2.75) is 33.1 Å². The summed E-state index contributed by atoms with van der Waals surface area (Å²) in [5, 5.41) is 2.09. The van der Waals surface area contributed by atoms with Crippen LogP contribution in [0.25, 0.3) is 10.4 Å². The summed E-state index contributed by atoms with van der Waals surface area (Å²) in [5.74, 6) is 0.213. The van der Waals surface area contributed by atoms with E-state index in [1.165, 1.54) is 38.3 Å². The molecule has 1 atom stereocenters. The summed E-state index contributed by atoms with van der Waals surface area (Å²) in [6.45, 7) is 6.48. The van der Waals surface area contributed by atoms with Gasteiger partial charge in [-0.05, 0) is 78.1 Å². The molecule has 0 amide bonds. The van der Waals surface area contributed by atoms with Crippen molar-refractivity contribution < 1.29 is 4.79 Å². The number of carbonyl (C=O) groups excluding carboxylic acids is 1. The highest BCUT2D eigenvalue weighted by molar-refractivity contribution is 7.13. The molecule has 30 heavy (non-hydrogen) atoms. The van der Waals surface area contributed by atoms with E-state index in [4.69, 9.17) is 0 Å². The molecule has 0 aliphatic heterocycles. The van der Waals surface area contributed by atoms with Crippen LogP contribution < -0.4 is 0 Å². The van der Waals surface area contributed by atoms with Gasteiger partial charge in [0, 0.05) is 16.4 Å². The zero-order valence-electron chi connectivity index (χ0n) is 17.7. The number of thiophene rings is 1. The lowest BCUT2D eigenvalue weighted by atomic mass is 9.82. The molecule has 0 spiro atoms. The molecular formula is C28H26OS. The van der Waals surface area contributed by atoms with Gasteiger partial charge in [-0.1, -0.05) is 66.2 Å². The predicted molar refractivity (Wildman–Crippen MR) is 128 cm³/mol. The summed E-state index contributed by atoms with van der Waals surface area (Å²) in [6, 6.07) is 25.9. The molecule has 2 heteroatoms. The van der Waals surface area contributed by atoms with Crippen LogP contribution in [0.15, 0.2) is 78.2 Å². The van der Waals surface area contributed by atoms with Crippen LogP contribution in [0.5, 0.6) is 0 Å².